The minimum absolute atomic E-state index is 0.0988. The second-order valence-corrected chi connectivity index (χ2v) is 8.17. The fraction of sp³-hybridized carbons (Fsp3) is 0.636. The summed E-state index contributed by atoms with van der Waals surface area (Å²) in [6.45, 7) is 5.46. The van der Waals surface area contributed by atoms with Crippen molar-refractivity contribution in [1.29, 1.82) is 0 Å². The Hall–Kier alpha value is -2.24. The van der Waals surface area contributed by atoms with Crippen LogP contribution in [0.1, 0.15) is 69.2 Å². The fourth-order valence-electron chi connectivity index (χ4n) is 4.24. The zero-order valence-corrected chi connectivity index (χ0v) is 17.3. The van der Waals surface area contributed by atoms with Crippen molar-refractivity contribution in [3.63, 3.8) is 0 Å². The number of likely N-dealkylation sites (tertiary alicyclic amines) is 1. The van der Waals surface area contributed by atoms with E-state index in [1.165, 1.54) is 38.9 Å². The predicted molar refractivity (Wildman–Crippen MR) is 112 cm³/mol. The standard InChI is InChI=1S/C22H33N3O3/c1-15-8-4-5-10-18(15)23-22(25-13-7-6-9-16(25)2)24-19-14-17(21(27)28-3)11-12-20(19)26/h11-12,14-16,18,26H,4-10,13H2,1-3H3,(H,23,24). The molecule has 2 N–H and O–H groups in total. The van der Waals surface area contributed by atoms with Gasteiger partial charge >= 0.3 is 5.97 Å². The first-order valence-corrected chi connectivity index (χ1v) is 10.5. The molecule has 1 heterocycles. The number of carbonyl (C=O) groups is 1. The van der Waals surface area contributed by atoms with E-state index in [1.54, 1.807) is 12.1 Å². The molecule has 1 aromatic carbocycles. The summed E-state index contributed by atoms with van der Waals surface area (Å²) in [6, 6.07) is 5.40. The highest BCUT2D eigenvalue weighted by molar-refractivity contribution is 5.98. The minimum Gasteiger partial charge on any atom is -0.506 e. The number of hydrogen-bond acceptors (Lipinski definition) is 4. The van der Waals surface area contributed by atoms with Crippen LogP contribution in [0.15, 0.2) is 23.2 Å². The highest BCUT2D eigenvalue weighted by Gasteiger charge is 2.26. The number of nitrogens with one attached hydrogen (secondary N) is 1. The fourth-order valence-corrected chi connectivity index (χ4v) is 4.24. The molecule has 1 saturated carbocycles. The Balaban J connectivity index is 1.92. The summed E-state index contributed by atoms with van der Waals surface area (Å²) in [6.07, 6.45) is 8.30. The topological polar surface area (TPSA) is 74.2 Å². The smallest absolute Gasteiger partial charge is 0.337 e. The number of hydrogen-bond donors (Lipinski definition) is 2. The number of piperidine rings is 1. The highest BCUT2D eigenvalue weighted by Crippen LogP contribution is 2.29. The second-order valence-electron chi connectivity index (χ2n) is 8.17. The number of methoxy groups -OCH3 is 1. The Kier molecular flexibility index (Phi) is 6.81. The van der Waals surface area contributed by atoms with Crippen LogP contribution >= 0.6 is 0 Å². The van der Waals surface area contributed by atoms with Gasteiger partial charge in [0.1, 0.15) is 5.75 Å². The van der Waals surface area contributed by atoms with Gasteiger partial charge in [-0.15, -0.1) is 0 Å². The Bertz CT molecular complexity index is 719. The molecular formula is C22H33N3O3. The Morgan fingerprint density at radius 3 is 2.64 bits per heavy atom. The van der Waals surface area contributed by atoms with Gasteiger partial charge in [0.05, 0.1) is 24.4 Å². The van der Waals surface area contributed by atoms with Crippen LogP contribution in [0, 0.1) is 5.92 Å². The molecule has 3 unspecified atom stereocenters. The first kappa shape index (κ1) is 20.5. The molecule has 28 heavy (non-hydrogen) atoms. The largest absolute Gasteiger partial charge is 0.506 e. The molecule has 0 spiro atoms. The maximum absolute atomic E-state index is 11.9. The number of phenols is 1. The minimum atomic E-state index is -0.422. The second kappa shape index (κ2) is 9.30. The molecule has 6 nitrogen and oxygen atoms in total. The Morgan fingerprint density at radius 1 is 1.18 bits per heavy atom. The molecule has 0 amide bonds. The van der Waals surface area contributed by atoms with Gasteiger partial charge in [-0.3, -0.25) is 0 Å². The number of aromatic hydroxyl groups is 1. The Labute approximate surface area is 168 Å². The van der Waals surface area contributed by atoms with E-state index in [0.717, 1.165) is 31.8 Å². The monoisotopic (exact) mass is 387 g/mol. The van der Waals surface area contributed by atoms with Crippen LogP contribution in [0.3, 0.4) is 0 Å². The molecule has 0 radical (unpaired) electrons. The summed E-state index contributed by atoms with van der Waals surface area (Å²) >= 11 is 0. The predicted octanol–water partition coefficient (Wildman–Crippen LogP) is 4.40. The number of esters is 1. The van der Waals surface area contributed by atoms with Crippen molar-refractivity contribution in [3.05, 3.63) is 23.8 Å². The maximum Gasteiger partial charge on any atom is 0.337 e. The lowest BCUT2D eigenvalue weighted by molar-refractivity contribution is 0.0601. The van der Waals surface area contributed by atoms with Gasteiger partial charge < -0.3 is 20.1 Å². The average molecular weight is 388 g/mol. The first-order chi connectivity index (χ1) is 13.5. The van der Waals surface area contributed by atoms with E-state index in [0.29, 0.717) is 23.2 Å². The van der Waals surface area contributed by atoms with Gasteiger partial charge in [-0.1, -0.05) is 19.8 Å². The highest BCUT2D eigenvalue weighted by atomic mass is 16.5. The van der Waals surface area contributed by atoms with E-state index >= 15 is 0 Å². The number of nitrogens with zero attached hydrogens (tertiary/aromatic N) is 2. The van der Waals surface area contributed by atoms with Crippen molar-refractivity contribution in [3.8, 4) is 5.75 Å². The SMILES string of the molecule is COC(=O)c1ccc(O)c(NC(=NC2CCCCC2C)N2CCCCC2C)c1. The van der Waals surface area contributed by atoms with E-state index < -0.39 is 5.97 Å². The van der Waals surface area contributed by atoms with E-state index in [4.69, 9.17) is 9.73 Å². The number of guanidine groups is 1. The summed E-state index contributed by atoms with van der Waals surface area (Å²) < 4.78 is 4.82. The molecule has 2 fully saturated rings. The van der Waals surface area contributed by atoms with Gasteiger partial charge in [0.25, 0.3) is 0 Å². The molecule has 3 atom stereocenters. The average Bonchev–Trinajstić information content (AvgIpc) is 2.70. The molecule has 154 valence electrons. The molecule has 0 aromatic heterocycles. The van der Waals surface area contributed by atoms with Gasteiger partial charge in [0, 0.05) is 12.6 Å². The van der Waals surface area contributed by atoms with Crippen LogP contribution in [0.25, 0.3) is 0 Å². The van der Waals surface area contributed by atoms with Crippen LogP contribution in [0.5, 0.6) is 5.75 Å². The lowest BCUT2D eigenvalue weighted by atomic mass is 9.86. The third-order valence-electron chi connectivity index (χ3n) is 6.09. The first-order valence-electron chi connectivity index (χ1n) is 10.5. The van der Waals surface area contributed by atoms with Crippen molar-refractivity contribution in [2.24, 2.45) is 10.9 Å². The van der Waals surface area contributed by atoms with E-state index in [-0.39, 0.29) is 11.8 Å². The molecule has 1 aromatic rings. The number of carbonyl (C=O) groups excluding carboxylic acids is 1. The summed E-state index contributed by atoms with van der Waals surface area (Å²) in [4.78, 5) is 19.3. The summed E-state index contributed by atoms with van der Waals surface area (Å²) in [5.74, 6) is 1.04. The van der Waals surface area contributed by atoms with E-state index in [1.807, 2.05) is 0 Å². The van der Waals surface area contributed by atoms with Crippen molar-refractivity contribution < 1.29 is 14.6 Å². The Morgan fingerprint density at radius 2 is 1.93 bits per heavy atom. The molecule has 1 saturated heterocycles. The number of phenolic OH excluding ortho intramolecular Hbond substituents is 1. The molecule has 1 aliphatic heterocycles. The molecule has 3 rings (SSSR count). The van der Waals surface area contributed by atoms with E-state index in [2.05, 4.69) is 24.1 Å². The lowest BCUT2D eigenvalue weighted by Crippen LogP contribution is -2.46. The number of benzene rings is 1. The third-order valence-corrected chi connectivity index (χ3v) is 6.09. The zero-order valence-electron chi connectivity index (χ0n) is 17.3. The molecule has 0 bridgehead atoms. The number of ether oxygens (including phenoxy) is 1. The maximum atomic E-state index is 11.9. The van der Waals surface area contributed by atoms with Crippen molar-refractivity contribution in [2.75, 3.05) is 19.0 Å². The molecule has 1 aliphatic carbocycles. The van der Waals surface area contributed by atoms with Crippen molar-refractivity contribution in [2.45, 2.75) is 70.9 Å². The number of aliphatic imine (C=N–C) groups is 1. The third kappa shape index (κ3) is 4.78. The van der Waals surface area contributed by atoms with Crippen molar-refractivity contribution in [1.82, 2.24) is 4.90 Å². The van der Waals surface area contributed by atoms with E-state index in [9.17, 15) is 9.90 Å². The normalized spacial score (nSPS) is 26.0. The van der Waals surface area contributed by atoms with Gasteiger partial charge in [-0.05, 0) is 63.1 Å². The van der Waals surface area contributed by atoms with Crippen LogP contribution in [-0.2, 0) is 4.74 Å². The summed E-state index contributed by atoms with van der Waals surface area (Å²) in [7, 11) is 1.36. The molecule has 6 heteroatoms. The van der Waals surface area contributed by atoms with Crippen LogP contribution < -0.4 is 5.32 Å². The van der Waals surface area contributed by atoms with Gasteiger partial charge in [-0.2, -0.15) is 0 Å². The quantitative estimate of drug-likeness (QED) is 0.348. The summed E-state index contributed by atoms with van der Waals surface area (Å²) in [5.41, 5.74) is 0.891. The van der Waals surface area contributed by atoms with Crippen LogP contribution in [0.4, 0.5) is 5.69 Å². The zero-order chi connectivity index (χ0) is 20.1. The lowest BCUT2D eigenvalue weighted by Gasteiger charge is -2.37. The van der Waals surface area contributed by atoms with Gasteiger partial charge in [0.2, 0.25) is 0 Å². The molecular weight excluding hydrogens is 354 g/mol. The summed E-state index contributed by atoms with van der Waals surface area (Å²) in [5, 5.41) is 13.7. The van der Waals surface area contributed by atoms with Crippen LogP contribution in [0.2, 0.25) is 0 Å². The van der Waals surface area contributed by atoms with Gasteiger partial charge in [0.15, 0.2) is 5.96 Å². The number of rotatable bonds is 3. The number of anilines is 1. The molecule has 2 aliphatic rings. The van der Waals surface area contributed by atoms with Crippen LogP contribution in [-0.4, -0.2) is 47.7 Å². The van der Waals surface area contributed by atoms with Crippen molar-refractivity contribution >= 4 is 17.6 Å². The van der Waals surface area contributed by atoms with Gasteiger partial charge in [-0.25, -0.2) is 9.79 Å².